The molecule has 1 atom stereocenters. The van der Waals surface area contributed by atoms with E-state index in [9.17, 15) is 4.79 Å². The second-order valence-electron chi connectivity index (χ2n) is 6.36. The highest BCUT2D eigenvalue weighted by Crippen LogP contribution is 2.28. The smallest absolute Gasteiger partial charge is 0.274 e. The number of piperazine rings is 1. The fraction of sp³-hybridized carbons (Fsp3) is 0.474. The molecule has 0 N–H and O–H groups in total. The van der Waals surface area contributed by atoms with Crippen molar-refractivity contribution in [3.05, 3.63) is 36.9 Å². The molecule has 1 aromatic heterocycles. The maximum absolute atomic E-state index is 11.5. The number of nitrogens with zero attached hydrogens (tertiary/aromatic N) is 3. The molecule has 2 aromatic rings. The van der Waals surface area contributed by atoms with E-state index in [0.29, 0.717) is 0 Å². The van der Waals surface area contributed by atoms with Crippen molar-refractivity contribution in [1.82, 2.24) is 14.8 Å². The van der Waals surface area contributed by atoms with Crippen molar-refractivity contribution in [2.24, 2.45) is 0 Å². The highest BCUT2D eigenvalue weighted by Gasteiger charge is 2.22. The van der Waals surface area contributed by atoms with Gasteiger partial charge >= 0.3 is 0 Å². The third kappa shape index (κ3) is 4.80. The number of rotatable bonds is 7. The van der Waals surface area contributed by atoms with Crippen LogP contribution in [0.3, 0.4) is 0 Å². The molecule has 1 aliphatic heterocycles. The summed E-state index contributed by atoms with van der Waals surface area (Å²) in [5.74, 6) is 0.161. The molecule has 0 aliphatic carbocycles. The van der Waals surface area contributed by atoms with Crippen molar-refractivity contribution < 1.29 is 9.53 Å². The van der Waals surface area contributed by atoms with Crippen molar-refractivity contribution in [2.75, 3.05) is 32.7 Å². The average molecular weight is 359 g/mol. The van der Waals surface area contributed by atoms with Crippen LogP contribution in [-0.2, 0) is 4.79 Å². The maximum Gasteiger partial charge on any atom is 0.274 e. The quantitative estimate of drug-likeness (QED) is 0.713. The third-order valence-electron chi connectivity index (χ3n) is 4.51. The van der Waals surface area contributed by atoms with Crippen LogP contribution in [0.4, 0.5) is 0 Å². The van der Waals surface area contributed by atoms with E-state index in [0.717, 1.165) is 61.0 Å². The summed E-state index contributed by atoms with van der Waals surface area (Å²) in [4.78, 5) is 20.3. The zero-order valence-corrected chi connectivity index (χ0v) is 15.5. The maximum atomic E-state index is 11.5. The van der Waals surface area contributed by atoms with E-state index < -0.39 is 0 Å². The topological polar surface area (TPSA) is 45.7 Å². The van der Waals surface area contributed by atoms with Crippen LogP contribution in [0, 0.1) is 0 Å². The Morgan fingerprint density at radius 2 is 2.12 bits per heavy atom. The van der Waals surface area contributed by atoms with Gasteiger partial charge in [0.25, 0.3) is 5.19 Å². The minimum absolute atomic E-state index is 0.0856. The van der Waals surface area contributed by atoms with Crippen LogP contribution in [0.5, 0.6) is 5.19 Å². The molecular weight excluding hydrogens is 334 g/mol. The number of benzene rings is 1. The Kier molecular flexibility index (Phi) is 6.04. The van der Waals surface area contributed by atoms with Gasteiger partial charge in [0.15, 0.2) is 0 Å². The standard InChI is InChI=1S/C19H25N3O2S/c1-3-4-7-16(14-21-10-12-22(13-11-21)15(2)23)24-19-20-17-8-5-6-9-18(17)25-19/h3,5-6,8-9,16H,1,4,7,10-14H2,2H3/t16-/m1/s1. The Morgan fingerprint density at radius 3 is 2.80 bits per heavy atom. The largest absolute Gasteiger partial charge is 0.465 e. The summed E-state index contributed by atoms with van der Waals surface area (Å²) in [7, 11) is 0. The molecule has 0 unspecified atom stereocenters. The minimum Gasteiger partial charge on any atom is -0.465 e. The first-order valence-electron chi connectivity index (χ1n) is 8.76. The summed E-state index contributed by atoms with van der Waals surface area (Å²) in [5.41, 5.74) is 0.986. The van der Waals surface area contributed by atoms with Crippen molar-refractivity contribution in [3.63, 3.8) is 0 Å². The van der Waals surface area contributed by atoms with E-state index in [1.165, 1.54) is 0 Å². The lowest BCUT2D eigenvalue weighted by molar-refractivity contribution is -0.130. The minimum atomic E-state index is 0.0856. The summed E-state index contributed by atoms with van der Waals surface area (Å²) >= 11 is 1.59. The van der Waals surface area contributed by atoms with Gasteiger partial charge in [-0.25, -0.2) is 4.98 Å². The van der Waals surface area contributed by atoms with E-state index >= 15 is 0 Å². The Labute approximate surface area is 152 Å². The normalized spacial score (nSPS) is 16.8. The number of carbonyl (C=O) groups is 1. The molecule has 1 saturated heterocycles. The Morgan fingerprint density at radius 1 is 1.36 bits per heavy atom. The van der Waals surface area contributed by atoms with Gasteiger partial charge in [0.05, 0.1) is 10.2 Å². The lowest BCUT2D eigenvalue weighted by Crippen LogP contribution is -2.50. The van der Waals surface area contributed by atoms with Gasteiger partial charge in [-0.15, -0.1) is 6.58 Å². The Hall–Kier alpha value is -1.92. The fourth-order valence-electron chi connectivity index (χ4n) is 3.07. The lowest BCUT2D eigenvalue weighted by atomic mass is 10.1. The number of aromatic nitrogens is 1. The molecule has 0 saturated carbocycles. The van der Waals surface area contributed by atoms with Crippen LogP contribution < -0.4 is 4.74 Å². The number of carbonyl (C=O) groups excluding carboxylic acids is 1. The van der Waals surface area contributed by atoms with Gasteiger partial charge in [-0.05, 0) is 25.0 Å². The molecule has 6 heteroatoms. The van der Waals surface area contributed by atoms with Gasteiger partial charge in [-0.1, -0.05) is 29.5 Å². The van der Waals surface area contributed by atoms with Gasteiger partial charge in [0, 0.05) is 39.6 Å². The molecule has 1 fully saturated rings. The van der Waals surface area contributed by atoms with Crippen molar-refractivity contribution in [1.29, 1.82) is 0 Å². The molecule has 2 heterocycles. The molecule has 3 rings (SSSR count). The first-order valence-corrected chi connectivity index (χ1v) is 9.58. The highest BCUT2D eigenvalue weighted by atomic mass is 32.1. The predicted molar refractivity (Wildman–Crippen MR) is 102 cm³/mol. The number of thiazole rings is 1. The molecule has 1 aliphatic rings. The van der Waals surface area contributed by atoms with Crippen LogP contribution in [0.2, 0.25) is 0 Å². The van der Waals surface area contributed by atoms with Crippen LogP contribution in [-0.4, -0.2) is 59.5 Å². The number of hydrogen-bond acceptors (Lipinski definition) is 5. The van der Waals surface area contributed by atoms with E-state index in [-0.39, 0.29) is 12.0 Å². The fourth-order valence-corrected chi connectivity index (χ4v) is 3.95. The number of hydrogen-bond donors (Lipinski definition) is 0. The highest BCUT2D eigenvalue weighted by molar-refractivity contribution is 7.20. The molecule has 5 nitrogen and oxygen atoms in total. The molecule has 1 amide bonds. The van der Waals surface area contributed by atoms with Gasteiger partial charge in [0.2, 0.25) is 5.91 Å². The Bertz CT molecular complexity index is 689. The van der Waals surface area contributed by atoms with E-state index in [1.807, 2.05) is 29.2 Å². The lowest BCUT2D eigenvalue weighted by Gasteiger charge is -2.35. The van der Waals surface area contributed by atoms with Crippen LogP contribution in [0.1, 0.15) is 19.8 Å². The van der Waals surface area contributed by atoms with E-state index in [4.69, 9.17) is 4.74 Å². The first kappa shape index (κ1) is 17.9. The average Bonchev–Trinajstić information content (AvgIpc) is 3.02. The van der Waals surface area contributed by atoms with Crippen LogP contribution in [0.25, 0.3) is 10.2 Å². The zero-order valence-electron chi connectivity index (χ0n) is 14.7. The van der Waals surface area contributed by atoms with E-state index in [1.54, 1.807) is 18.3 Å². The SMILES string of the molecule is C=CCC[C@H](CN1CCN(C(C)=O)CC1)Oc1nc2ccccc2s1. The van der Waals surface area contributed by atoms with Crippen molar-refractivity contribution >= 4 is 27.5 Å². The summed E-state index contributed by atoms with van der Waals surface area (Å²) in [5, 5.41) is 0.734. The van der Waals surface area contributed by atoms with Crippen molar-refractivity contribution in [3.8, 4) is 5.19 Å². The van der Waals surface area contributed by atoms with Gasteiger partial charge < -0.3 is 9.64 Å². The first-order chi connectivity index (χ1) is 12.2. The van der Waals surface area contributed by atoms with Gasteiger partial charge in [0.1, 0.15) is 6.10 Å². The second-order valence-corrected chi connectivity index (χ2v) is 7.35. The Balaban J connectivity index is 1.61. The van der Waals surface area contributed by atoms with Crippen molar-refractivity contribution in [2.45, 2.75) is 25.9 Å². The van der Waals surface area contributed by atoms with Crippen LogP contribution >= 0.6 is 11.3 Å². The molecule has 0 bridgehead atoms. The molecule has 25 heavy (non-hydrogen) atoms. The number of allylic oxidation sites excluding steroid dienone is 1. The molecule has 0 spiro atoms. The van der Waals surface area contributed by atoms with Crippen LogP contribution in [0.15, 0.2) is 36.9 Å². The summed E-state index contributed by atoms with van der Waals surface area (Å²) < 4.78 is 7.36. The molecule has 0 radical (unpaired) electrons. The predicted octanol–water partition coefficient (Wildman–Crippen LogP) is 3.17. The summed E-state index contributed by atoms with van der Waals surface area (Å²) in [6, 6.07) is 8.10. The number of amides is 1. The van der Waals surface area contributed by atoms with Gasteiger partial charge in [-0.2, -0.15) is 0 Å². The number of ether oxygens (including phenoxy) is 1. The third-order valence-corrected chi connectivity index (χ3v) is 5.44. The summed E-state index contributed by atoms with van der Waals surface area (Å²) in [6.07, 6.45) is 3.86. The molecular formula is C19H25N3O2S. The monoisotopic (exact) mass is 359 g/mol. The molecule has 134 valence electrons. The van der Waals surface area contributed by atoms with Gasteiger partial charge in [-0.3, -0.25) is 9.69 Å². The molecule has 1 aromatic carbocycles. The second kappa shape index (κ2) is 8.45. The number of fused-ring (bicyclic) bond motifs is 1. The number of para-hydroxylation sites is 1. The van der Waals surface area contributed by atoms with E-state index in [2.05, 4.69) is 22.5 Å². The zero-order chi connectivity index (χ0) is 17.6. The summed E-state index contributed by atoms with van der Waals surface area (Å²) in [6.45, 7) is 9.70.